The molecule has 24 heavy (non-hydrogen) atoms. The van der Waals surface area contributed by atoms with Crippen LogP contribution in [0.2, 0.25) is 0 Å². The number of aryl methyl sites for hydroxylation is 2. The molecule has 0 bridgehead atoms. The van der Waals surface area contributed by atoms with Crippen molar-refractivity contribution in [2.45, 2.75) is 32.4 Å². The number of nitrogens with zero attached hydrogens (tertiary/aromatic N) is 1. The van der Waals surface area contributed by atoms with Gasteiger partial charge in [0.2, 0.25) is 0 Å². The minimum Gasteiger partial charge on any atom is -0.327 e. The third-order valence-corrected chi connectivity index (χ3v) is 5.70. The molecule has 6 heteroatoms. The van der Waals surface area contributed by atoms with E-state index in [1.807, 2.05) is 7.05 Å². The lowest BCUT2D eigenvalue weighted by atomic mass is 10.2. The van der Waals surface area contributed by atoms with E-state index in [0.717, 1.165) is 41.6 Å². The van der Waals surface area contributed by atoms with Crippen LogP contribution < -0.4 is 10.5 Å². The molecule has 0 amide bonds. The highest BCUT2D eigenvalue weighted by Gasteiger charge is 2.21. The van der Waals surface area contributed by atoms with Crippen molar-refractivity contribution >= 4 is 21.6 Å². The van der Waals surface area contributed by atoms with Gasteiger partial charge >= 0.3 is 0 Å². The maximum absolute atomic E-state index is 13.0. The van der Waals surface area contributed by atoms with Gasteiger partial charge in [-0.05, 0) is 37.0 Å². The lowest BCUT2D eigenvalue weighted by Gasteiger charge is -2.13. The van der Waals surface area contributed by atoms with E-state index < -0.39 is 0 Å². The zero-order chi connectivity index (χ0) is 16.7. The molecule has 2 aromatic heterocycles. The van der Waals surface area contributed by atoms with Crippen LogP contribution >= 0.6 is 11.3 Å². The number of fused-ring (bicyclic) bond motifs is 3. The third kappa shape index (κ3) is 2.87. The Balaban J connectivity index is 1.56. The van der Waals surface area contributed by atoms with Gasteiger partial charge in [0, 0.05) is 10.4 Å². The molecule has 0 saturated carbocycles. The smallest absolute Gasteiger partial charge is 0.260 e. The van der Waals surface area contributed by atoms with Gasteiger partial charge in [-0.15, -0.1) is 11.3 Å². The number of nitrogens with one attached hydrogen (secondary N) is 2. The van der Waals surface area contributed by atoms with Crippen LogP contribution in [0.1, 0.15) is 28.2 Å². The summed E-state index contributed by atoms with van der Waals surface area (Å²) in [5.41, 5.74) is 2.26. The molecule has 1 atom stereocenters. The van der Waals surface area contributed by atoms with E-state index in [1.54, 1.807) is 23.5 Å². The number of thiophene rings is 1. The van der Waals surface area contributed by atoms with Gasteiger partial charge in [-0.25, -0.2) is 9.37 Å². The van der Waals surface area contributed by atoms with Crippen molar-refractivity contribution in [3.8, 4) is 0 Å². The molecular weight excluding hydrogens is 325 g/mol. The summed E-state index contributed by atoms with van der Waals surface area (Å²) in [6.07, 6.45) is 3.21. The van der Waals surface area contributed by atoms with Crippen molar-refractivity contribution in [3.05, 3.63) is 62.3 Å². The van der Waals surface area contributed by atoms with Gasteiger partial charge in [-0.2, -0.15) is 0 Å². The summed E-state index contributed by atoms with van der Waals surface area (Å²) in [5.74, 6) is 0.491. The number of benzene rings is 1. The third-order valence-electron chi connectivity index (χ3n) is 4.51. The average Bonchev–Trinajstić information content (AvgIpc) is 3.09. The first-order valence-corrected chi connectivity index (χ1v) is 9.01. The van der Waals surface area contributed by atoms with Crippen LogP contribution in [0.4, 0.5) is 4.39 Å². The van der Waals surface area contributed by atoms with E-state index in [0.29, 0.717) is 12.4 Å². The zero-order valence-electron chi connectivity index (χ0n) is 13.5. The number of quaternary nitrogens is 1. The van der Waals surface area contributed by atoms with E-state index in [9.17, 15) is 9.18 Å². The molecule has 0 fully saturated rings. The second-order valence-corrected chi connectivity index (χ2v) is 7.57. The molecule has 1 unspecified atom stereocenters. The number of rotatable bonds is 4. The molecule has 1 aliphatic rings. The Morgan fingerprint density at radius 3 is 2.83 bits per heavy atom. The molecular formula is C18H19FN3OS+. The predicted molar refractivity (Wildman–Crippen MR) is 93.0 cm³/mol. The number of H-pyrrole nitrogens is 1. The number of hydrogen-bond acceptors (Lipinski definition) is 3. The van der Waals surface area contributed by atoms with Crippen LogP contribution in [-0.2, 0) is 25.9 Å². The first-order valence-electron chi connectivity index (χ1n) is 8.19. The predicted octanol–water partition coefficient (Wildman–Crippen LogP) is 1.83. The molecule has 124 valence electrons. The van der Waals surface area contributed by atoms with Crippen molar-refractivity contribution in [1.29, 1.82) is 0 Å². The van der Waals surface area contributed by atoms with Crippen molar-refractivity contribution in [3.63, 3.8) is 0 Å². The van der Waals surface area contributed by atoms with Crippen molar-refractivity contribution in [2.24, 2.45) is 0 Å². The standard InChI is InChI=1S/C18H18FN3OS/c1-22(9-11-5-7-12(19)8-6-11)10-15-20-17(23)16-13-3-2-4-14(13)24-18(16)21-15/h5-8H,2-4,9-10H2,1H3,(H,20,21,23)/p+1. The van der Waals surface area contributed by atoms with Gasteiger partial charge in [0.05, 0.1) is 12.4 Å². The summed E-state index contributed by atoms with van der Waals surface area (Å²) >= 11 is 1.67. The maximum Gasteiger partial charge on any atom is 0.260 e. The number of halogens is 1. The number of aromatic nitrogens is 2. The molecule has 3 aromatic rings. The maximum atomic E-state index is 13.0. The lowest BCUT2D eigenvalue weighted by Crippen LogP contribution is -3.06. The molecule has 4 nitrogen and oxygen atoms in total. The van der Waals surface area contributed by atoms with E-state index in [1.165, 1.54) is 27.5 Å². The van der Waals surface area contributed by atoms with E-state index in [4.69, 9.17) is 0 Å². The van der Waals surface area contributed by atoms with Gasteiger partial charge < -0.3 is 9.88 Å². The van der Waals surface area contributed by atoms with Gasteiger partial charge in [0.25, 0.3) is 5.56 Å². The van der Waals surface area contributed by atoms with E-state index in [-0.39, 0.29) is 11.4 Å². The Labute approximate surface area is 143 Å². The first-order chi connectivity index (χ1) is 11.6. The fourth-order valence-corrected chi connectivity index (χ4v) is 4.71. The van der Waals surface area contributed by atoms with Crippen molar-refractivity contribution in [2.75, 3.05) is 7.05 Å². The molecule has 0 aliphatic heterocycles. The van der Waals surface area contributed by atoms with Crippen LogP contribution in [0.5, 0.6) is 0 Å². The highest BCUT2D eigenvalue weighted by Crippen LogP contribution is 2.34. The quantitative estimate of drug-likeness (QED) is 0.759. The first kappa shape index (κ1) is 15.5. The van der Waals surface area contributed by atoms with Crippen molar-refractivity contribution < 1.29 is 9.29 Å². The van der Waals surface area contributed by atoms with Crippen molar-refractivity contribution in [1.82, 2.24) is 9.97 Å². The number of aromatic amines is 1. The topological polar surface area (TPSA) is 50.2 Å². The molecule has 0 radical (unpaired) electrons. The van der Waals surface area contributed by atoms with Gasteiger partial charge in [-0.1, -0.05) is 12.1 Å². The summed E-state index contributed by atoms with van der Waals surface area (Å²) in [7, 11) is 2.04. The number of hydrogen-bond donors (Lipinski definition) is 2. The largest absolute Gasteiger partial charge is 0.327 e. The molecule has 1 aromatic carbocycles. The van der Waals surface area contributed by atoms with Gasteiger partial charge in [0.15, 0.2) is 5.82 Å². The molecule has 2 heterocycles. The highest BCUT2D eigenvalue weighted by atomic mass is 32.1. The van der Waals surface area contributed by atoms with Crippen LogP contribution in [-0.4, -0.2) is 17.0 Å². The summed E-state index contributed by atoms with van der Waals surface area (Å²) < 4.78 is 13.0. The fourth-order valence-electron chi connectivity index (χ4n) is 3.43. The van der Waals surface area contributed by atoms with Crippen LogP contribution in [0, 0.1) is 5.82 Å². The lowest BCUT2D eigenvalue weighted by molar-refractivity contribution is -0.908. The normalized spacial score (nSPS) is 14.9. The Morgan fingerprint density at radius 2 is 2.04 bits per heavy atom. The summed E-state index contributed by atoms with van der Waals surface area (Å²) in [6.45, 7) is 1.38. The van der Waals surface area contributed by atoms with Gasteiger partial charge in [0.1, 0.15) is 23.7 Å². The Kier molecular flexibility index (Phi) is 3.94. The average molecular weight is 344 g/mol. The Morgan fingerprint density at radius 1 is 1.25 bits per heavy atom. The summed E-state index contributed by atoms with van der Waals surface area (Å²) in [6, 6.07) is 6.54. The summed E-state index contributed by atoms with van der Waals surface area (Å²) in [4.78, 5) is 23.5. The second kappa shape index (κ2) is 6.11. The fraction of sp³-hybridized carbons (Fsp3) is 0.333. The van der Waals surface area contributed by atoms with Crippen LogP contribution in [0.15, 0.2) is 29.1 Å². The zero-order valence-corrected chi connectivity index (χ0v) is 14.3. The Hall–Kier alpha value is -2.05. The molecule has 4 rings (SSSR count). The molecule has 0 saturated heterocycles. The van der Waals surface area contributed by atoms with E-state index >= 15 is 0 Å². The molecule has 0 spiro atoms. The van der Waals surface area contributed by atoms with Crippen LogP contribution in [0.3, 0.4) is 0 Å². The molecule has 2 N–H and O–H groups in total. The second-order valence-electron chi connectivity index (χ2n) is 6.49. The van der Waals surface area contributed by atoms with E-state index in [2.05, 4.69) is 9.97 Å². The summed E-state index contributed by atoms with van der Waals surface area (Å²) in [5, 5.41) is 0.799. The minimum atomic E-state index is -0.224. The highest BCUT2D eigenvalue weighted by molar-refractivity contribution is 7.18. The molecule has 1 aliphatic carbocycles. The minimum absolute atomic E-state index is 0.0102. The SMILES string of the molecule is C[NH+](Cc1ccc(F)cc1)Cc1nc2sc3c(c2c(=O)[nH]1)CCC3. The monoisotopic (exact) mass is 344 g/mol. The Bertz CT molecular complexity index is 945. The van der Waals surface area contributed by atoms with Gasteiger partial charge in [-0.3, -0.25) is 4.79 Å². The van der Waals surface area contributed by atoms with Crippen LogP contribution in [0.25, 0.3) is 10.2 Å².